The number of amides is 1. The highest BCUT2D eigenvalue weighted by Gasteiger charge is 2.31. The molecule has 3 saturated heterocycles. The number of likely N-dealkylation sites (tertiary alicyclic amines) is 3. The molecule has 0 spiro atoms. The summed E-state index contributed by atoms with van der Waals surface area (Å²) in [7, 11) is 16.8. The highest BCUT2D eigenvalue weighted by atomic mass is 35.5. The number of nitrogen functional groups attached to an aromatic ring is 1. The number of hydrogen-bond acceptors (Lipinski definition) is 23. The van der Waals surface area contributed by atoms with E-state index < -0.39 is 10.2 Å². The van der Waals surface area contributed by atoms with E-state index in [-0.39, 0.29) is 50.5 Å². The maximum atomic E-state index is 12.1. The molecule has 12 aromatic rings. The number of anilines is 8. The SMILES string of the molecule is C.C.C=CC(=O)Cl.C=CC(=O)Nc1cc(Nc2nccc(-c3cn(C)c4ccccc34)n2)c(OC)cc1OC1CN(C)C1.COc1cc(OC2CN(C)C2)c(N)cc1Nc1nccc(-c2cn(C)c3ccccc23)n1.COc1cc(OC2CN(C)C2)c([N+](=O)[O-])cc1Nc1nccc(-c2cn(C)c3ccccc23)n1. The molecule has 6 aromatic heterocycles. The summed E-state index contributed by atoms with van der Waals surface area (Å²) < 4.78 is 40.9. The van der Waals surface area contributed by atoms with Gasteiger partial charge in [-0.05, 0) is 93.4 Å². The van der Waals surface area contributed by atoms with Crippen LogP contribution in [0.25, 0.3) is 66.5 Å². The number of nitro benzene ring substituents is 1. The second-order valence-corrected chi connectivity index (χ2v) is 26.1. The quantitative estimate of drug-likeness (QED) is 0.0138. The topological polar surface area (TPSA) is 309 Å². The number of para-hydroxylation sites is 3. The van der Waals surface area contributed by atoms with Crippen molar-refractivity contribution in [3.05, 3.63) is 200 Å². The lowest BCUT2D eigenvalue weighted by Gasteiger charge is -2.36. The van der Waals surface area contributed by atoms with Gasteiger partial charge in [-0.3, -0.25) is 34.4 Å². The van der Waals surface area contributed by atoms with Gasteiger partial charge >= 0.3 is 5.69 Å². The molecule has 3 aliphatic rings. The van der Waals surface area contributed by atoms with Crippen molar-refractivity contribution in [2.24, 2.45) is 21.1 Å². The Balaban J connectivity index is 0.000000167. The third-order valence-corrected chi connectivity index (χ3v) is 18.1. The predicted octanol–water partition coefficient (Wildman–Crippen LogP) is 14.1. The molecule has 0 saturated carbocycles. The lowest BCUT2D eigenvalue weighted by atomic mass is 10.1. The second-order valence-electron chi connectivity index (χ2n) is 25.7. The number of benzene rings is 6. The fourth-order valence-electron chi connectivity index (χ4n) is 12.6. The molecule has 15 rings (SSSR count). The summed E-state index contributed by atoms with van der Waals surface area (Å²) in [5.74, 6) is 3.68. The van der Waals surface area contributed by atoms with E-state index in [1.165, 1.54) is 25.3 Å². The molecule has 0 aliphatic carbocycles. The van der Waals surface area contributed by atoms with Crippen LogP contribution in [-0.2, 0) is 30.7 Å². The number of rotatable bonds is 22. The van der Waals surface area contributed by atoms with Crippen LogP contribution in [0.3, 0.4) is 0 Å². The standard InChI is InChI=1S/C27H28N6O3.C24H24N6O4.C24H26N6O2.C3H3ClO.2CH4/c1-5-26(34)29-22-12-21(24(35-4)13-25(22)36-17-14-32(2)15-17)31-27-28-11-10-20(30-27)19-16-33(3)23-9-7-6-8-18(19)23;1-28-12-15(13-28)34-23-11-22(33-3)19(10-21(23)30(31)32)27-24-25-9-8-18(26-24)17-14-29(2)20-7-5-4-6-16(17)20;1-29-12-15(13-29)32-22-11-23(31-3)20(10-18(22)25)28-24-26-9-8-19(27-24)17-14-30(2)21-7-5-4-6-16(17)21;1-2-3(4)5;;/h5-13,16-17H,1,14-15H2,2-4H3,(H,29,34)(H,28,30,31);4-11,14-15H,12-13H2,1-3H3,(H,25,26,27);4-11,14-15H,12-13,25H2,1-3H3,(H,26,27,28);2H,1H2;2*1H4. The number of fused-ring (bicyclic) bond motifs is 3. The van der Waals surface area contributed by atoms with E-state index in [1.54, 1.807) is 51.0 Å². The van der Waals surface area contributed by atoms with E-state index in [0.29, 0.717) is 88.1 Å². The molecule has 0 radical (unpaired) electrons. The number of halogens is 1. The molecular formula is C80H89ClN18O10. The first-order chi connectivity index (χ1) is 51.6. The third-order valence-electron chi connectivity index (χ3n) is 17.9. The molecule has 3 aliphatic heterocycles. The Bertz CT molecular complexity index is 5280. The monoisotopic (exact) mass is 1500 g/mol. The molecule has 0 atom stereocenters. The highest BCUT2D eigenvalue weighted by Crippen LogP contribution is 2.43. The van der Waals surface area contributed by atoms with Gasteiger partial charge in [0.15, 0.2) is 0 Å². The minimum Gasteiger partial charge on any atom is -0.494 e. The number of likely N-dealkylation sites (N-methyl/N-ethyl adjacent to an activating group) is 3. The molecule has 0 bridgehead atoms. The van der Waals surface area contributed by atoms with Crippen molar-refractivity contribution in [1.29, 1.82) is 0 Å². The number of carbonyl (C=O) groups is 2. The van der Waals surface area contributed by atoms with E-state index in [9.17, 15) is 19.7 Å². The number of nitrogens with zero attached hydrogens (tertiary/aromatic N) is 13. The van der Waals surface area contributed by atoms with Crippen LogP contribution in [0.4, 0.5) is 52.0 Å². The predicted molar refractivity (Wildman–Crippen MR) is 431 cm³/mol. The summed E-state index contributed by atoms with van der Waals surface area (Å²) in [6.45, 7) is 11.5. The van der Waals surface area contributed by atoms with Crippen molar-refractivity contribution in [2.75, 3.05) is 109 Å². The molecule has 3 fully saturated rings. The molecule has 6 aromatic carbocycles. The van der Waals surface area contributed by atoms with Gasteiger partial charge in [-0.2, -0.15) is 0 Å². The van der Waals surface area contributed by atoms with Crippen LogP contribution in [0, 0.1) is 10.1 Å². The first-order valence-electron chi connectivity index (χ1n) is 34.0. The normalized spacial score (nSPS) is 13.4. The molecule has 29 heteroatoms. The van der Waals surface area contributed by atoms with Gasteiger partial charge in [0.1, 0.15) is 47.1 Å². The van der Waals surface area contributed by atoms with Gasteiger partial charge in [-0.15, -0.1) is 0 Å². The number of carbonyl (C=O) groups excluding carboxylic acids is 2. The lowest BCUT2D eigenvalue weighted by Crippen LogP contribution is -2.51. The fourth-order valence-corrected chi connectivity index (χ4v) is 12.6. The Labute approximate surface area is 636 Å². The number of aryl methyl sites for hydroxylation is 3. The maximum Gasteiger partial charge on any atom is 0.313 e. The zero-order valence-corrected chi connectivity index (χ0v) is 61.2. The first-order valence-corrected chi connectivity index (χ1v) is 34.3. The van der Waals surface area contributed by atoms with E-state index in [4.69, 9.17) is 55.7 Å². The molecule has 109 heavy (non-hydrogen) atoms. The smallest absolute Gasteiger partial charge is 0.313 e. The van der Waals surface area contributed by atoms with Crippen LogP contribution >= 0.6 is 11.6 Å². The van der Waals surface area contributed by atoms with Crippen molar-refractivity contribution in [3.63, 3.8) is 0 Å². The lowest BCUT2D eigenvalue weighted by molar-refractivity contribution is -0.386. The molecule has 6 N–H and O–H groups in total. The zero-order valence-electron chi connectivity index (χ0n) is 60.5. The molecular weight excluding hydrogens is 1410 g/mol. The summed E-state index contributed by atoms with van der Waals surface area (Å²) in [6.07, 6.45) is 13.6. The Morgan fingerprint density at radius 3 is 1.19 bits per heavy atom. The maximum absolute atomic E-state index is 12.1. The Hall–Kier alpha value is -12.6. The van der Waals surface area contributed by atoms with Crippen molar-refractivity contribution in [1.82, 2.24) is 58.3 Å². The van der Waals surface area contributed by atoms with Gasteiger partial charge in [0.2, 0.25) is 34.7 Å². The van der Waals surface area contributed by atoms with Gasteiger partial charge in [0, 0.05) is 171 Å². The summed E-state index contributed by atoms with van der Waals surface area (Å²) in [5.41, 5.74) is 17.6. The van der Waals surface area contributed by atoms with Crippen LogP contribution < -0.4 is 55.4 Å². The first kappa shape index (κ1) is 78.9. The number of hydrogen-bond donors (Lipinski definition) is 5. The van der Waals surface area contributed by atoms with Crippen LogP contribution in [0.1, 0.15) is 14.9 Å². The van der Waals surface area contributed by atoms with Crippen LogP contribution in [0.2, 0.25) is 0 Å². The number of methoxy groups -OCH3 is 3. The Morgan fingerprint density at radius 1 is 0.495 bits per heavy atom. The molecule has 1 amide bonds. The fraction of sp³-hybridized carbons (Fsp3) is 0.250. The van der Waals surface area contributed by atoms with E-state index in [1.807, 2.05) is 113 Å². The number of nitrogens with two attached hydrogens (primary N) is 1. The van der Waals surface area contributed by atoms with E-state index in [2.05, 4.69) is 128 Å². The number of allylic oxidation sites excluding steroid dienone is 1. The summed E-state index contributed by atoms with van der Waals surface area (Å²) in [4.78, 5) is 66.5. The van der Waals surface area contributed by atoms with Crippen molar-refractivity contribution in [3.8, 4) is 68.3 Å². The third kappa shape index (κ3) is 18.4. The van der Waals surface area contributed by atoms with E-state index >= 15 is 0 Å². The average Bonchev–Trinajstić information content (AvgIpc) is 1.74. The van der Waals surface area contributed by atoms with Crippen LogP contribution in [0.15, 0.2) is 190 Å². The van der Waals surface area contributed by atoms with Gasteiger partial charge in [0.05, 0.1) is 71.8 Å². The van der Waals surface area contributed by atoms with Gasteiger partial charge in [-0.25, -0.2) is 29.9 Å². The minimum absolute atomic E-state index is 0. The molecule has 28 nitrogen and oxygen atoms in total. The zero-order chi connectivity index (χ0) is 75.6. The van der Waals surface area contributed by atoms with Crippen molar-refractivity contribution < 1.29 is 42.9 Å². The molecule has 9 heterocycles. The second kappa shape index (κ2) is 35.2. The largest absolute Gasteiger partial charge is 0.494 e. The average molecular weight is 1500 g/mol. The van der Waals surface area contributed by atoms with Crippen molar-refractivity contribution >= 4 is 107 Å². The van der Waals surface area contributed by atoms with Crippen molar-refractivity contribution in [2.45, 2.75) is 33.2 Å². The summed E-state index contributed by atoms with van der Waals surface area (Å²) >= 11 is 4.71. The van der Waals surface area contributed by atoms with Gasteiger partial charge in [-0.1, -0.05) is 82.6 Å². The van der Waals surface area contributed by atoms with Gasteiger partial charge in [0.25, 0.3) is 0 Å². The molecule has 566 valence electrons. The number of nitrogens with one attached hydrogen (secondary N) is 4. The molecule has 0 unspecified atom stereocenters. The summed E-state index contributed by atoms with van der Waals surface area (Å²) in [5, 5.41) is 27.0. The number of nitro groups is 1. The number of ether oxygens (including phenoxy) is 6. The summed E-state index contributed by atoms with van der Waals surface area (Å²) in [6, 6.07) is 40.2. The number of aromatic nitrogens is 9. The highest BCUT2D eigenvalue weighted by molar-refractivity contribution is 6.66. The van der Waals surface area contributed by atoms with Crippen LogP contribution in [0.5, 0.6) is 34.5 Å². The minimum atomic E-state index is -0.509. The van der Waals surface area contributed by atoms with Gasteiger partial charge < -0.3 is 69.1 Å². The van der Waals surface area contributed by atoms with Crippen LogP contribution in [-0.4, -0.2) is 174 Å². The Morgan fingerprint density at radius 2 is 0.835 bits per heavy atom. The van der Waals surface area contributed by atoms with E-state index in [0.717, 1.165) is 98.7 Å². The Kier molecular flexibility index (Phi) is 25.5.